The summed E-state index contributed by atoms with van der Waals surface area (Å²) in [7, 11) is 0. The van der Waals surface area contributed by atoms with Crippen LogP contribution in [0, 0.1) is 0 Å². The van der Waals surface area contributed by atoms with Crippen molar-refractivity contribution >= 4 is 26.8 Å². The molecule has 0 radical (unpaired) electrons. The number of hydrogen-bond acceptors (Lipinski definition) is 2. The van der Waals surface area contributed by atoms with E-state index in [1.807, 2.05) is 30.5 Å². The highest BCUT2D eigenvalue weighted by Crippen LogP contribution is 2.26. The number of nitrogens with zero attached hydrogens (tertiary/aromatic N) is 2. The second kappa shape index (κ2) is 5.49. The van der Waals surface area contributed by atoms with Gasteiger partial charge in [-0.05, 0) is 23.8 Å². The summed E-state index contributed by atoms with van der Waals surface area (Å²) in [6.45, 7) is 0. The van der Waals surface area contributed by atoms with Crippen LogP contribution in [0.3, 0.4) is 0 Å². The average Bonchev–Trinajstić information content (AvgIpc) is 2.48. The van der Waals surface area contributed by atoms with Crippen LogP contribution in [0.1, 0.15) is 16.1 Å². The summed E-state index contributed by atoms with van der Waals surface area (Å²) < 4.78 is 0. The first kappa shape index (κ1) is 12.3. The fourth-order valence-electron chi connectivity index (χ4n) is 2.08. The minimum absolute atomic E-state index is 0.245. The van der Waals surface area contributed by atoms with Gasteiger partial charge in [-0.1, -0.05) is 46.3 Å². The molecular formula is C16H13BrN2. The first-order chi connectivity index (χ1) is 9.33. The van der Waals surface area contributed by atoms with Crippen LogP contribution in [0.2, 0.25) is 0 Å². The minimum Gasteiger partial charge on any atom is -0.264 e. The highest BCUT2D eigenvalue weighted by molar-refractivity contribution is 9.09. The number of pyridine rings is 2. The van der Waals surface area contributed by atoms with Gasteiger partial charge < -0.3 is 0 Å². The molecule has 0 saturated carbocycles. The summed E-state index contributed by atoms with van der Waals surface area (Å²) in [6, 6.07) is 16.4. The van der Waals surface area contributed by atoms with Crippen LogP contribution in [0.5, 0.6) is 0 Å². The molecule has 3 heteroatoms. The van der Waals surface area contributed by atoms with Gasteiger partial charge in [0.1, 0.15) is 0 Å². The minimum atomic E-state index is 0.245. The third-order valence-corrected chi connectivity index (χ3v) is 3.94. The Morgan fingerprint density at radius 1 is 1.00 bits per heavy atom. The van der Waals surface area contributed by atoms with E-state index in [2.05, 4.69) is 45.2 Å². The Labute approximate surface area is 120 Å². The van der Waals surface area contributed by atoms with E-state index in [1.54, 1.807) is 6.20 Å². The Morgan fingerprint density at radius 3 is 2.74 bits per heavy atom. The summed E-state index contributed by atoms with van der Waals surface area (Å²) in [5, 5.41) is 1.18. The molecule has 0 amide bonds. The summed E-state index contributed by atoms with van der Waals surface area (Å²) in [6.07, 6.45) is 4.54. The molecule has 0 saturated heterocycles. The van der Waals surface area contributed by atoms with Gasteiger partial charge in [0.2, 0.25) is 0 Å². The van der Waals surface area contributed by atoms with E-state index in [0.717, 1.165) is 17.6 Å². The van der Waals surface area contributed by atoms with Crippen LogP contribution in [0.15, 0.2) is 60.9 Å². The van der Waals surface area contributed by atoms with Gasteiger partial charge in [-0.2, -0.15) is 0 Å². The van der Waals surface area contributed by atoms with Gasteiger partial charge in [0, 0.05) is 34.7 Å². The van der Waals surface area contributed by atoms with Crippen molar-refractivity contribution in [2.75, 3.05) is 0 Å². The molecule has 1 unspecified atom stereocenters. The molecule has 2 heterocycles. The van der Waals surface area contributed by atoms with E-state index in [0.29, 0.717) is 0 Å². The first-order valence-corrected chi connectivity index (χ1v) is 7.13. The number of benzene rings is 1. The maximum absolute atomic E-state index is 4.69. The number of aromatic nitrogens is 2. The summed E-state index contributed by atoms with van der Waals surface area (Å²) in [4.78, 5) is 9.08. The first-order valence-electron chi connectivity index (χ1n) is 6.21. The third-order valence-electron chi connectivity index (χ3n) is 3.09. The quantitative estimate of drug-likeness (QED) is 0.673. The van der Waals surface area contributed by atoms with Gasteiger partial charge in [-0.15, -0.1) is 0 Å². The van der Waals surface area contributed by atoms with Crippen LogP contribution in [0.25, 0.3) is 10.9 Å². The Morgan fingerprint density at radius 2 is 1.89 bits per heavy atom. The molecule has 3 aromatic rings. The molecular weight excluding hydrogens is 300 g/mol. The standard InChI is InChI=1S/C16H13BrN2/c17-15(13-5-3-9-18-11-13)10-14-8-7-12-4-1-2-6-16(12)19-14/h1-9,11,15H,10H2. The van der Waals surface area contributed by atoms with Gasteiger partial charge in [0.25, 0.3) is 0 Å². The lowest BCUT2D eigenvalue weighted by atomic mass is 10.1. The Bertz CT molecular complexity index is 682. The van der Waals surface area contributed by atoms with Gasteiger partial charge >= 0.3 is 0 Å². The van der Waals surface area contributed by atoms with Crippen LogP contribution in [-0.2, 0) is 6.42 Å². The molecule has 19 heavy (non-hydrogen) atoms. The zero-order valence-electron chi connectivity index (χ0n) is 10.3. The molecule has 0 N–H and O–H groups in total. The molecule has 3 rings (SSSR count). The molecule has 1 aromatic carbocycles. The molecule has 0 spiro atoms. The number of fused-ring (bicyclic) bond motifs is 1. The van der Waals surface area contributed by atoms with E-state index in [9.17, 15) is 0 Å². The van der Waals surface area contributed by atoms with Crippen molar-refractivity contribution in [3.8, 4) is 0 Å². The van der Waals surface area contributed by atoms with Gasteiger partial charge in [0.15, 0.2) is 0 Å². The monoisotopic (exact) mass is 312 g/mol. The second-order valence-corrected chi connectivity index (χ2v) is 5.56. The van der Waals surface area contributed by atoms with Crippen LogP contribution in [-0.4, -0.2) is 9.97 Å². The van der Waals surface area contributed by atoms with E-state index in [1.165, 1.54) is 10.9 Å². The van der Waals surface area contributed by atoms with Crippen molar-refractivity contribution in [2.45, 2.75) is 11.2 Å². The van der Waals surface area contributed by atoms with E-state index < -0.39 is 0 Å². The maximum Gasteiger partial charge on any atom is 0.0705 e. The lowest BCUT2D eigenvalue weighted by Gasteiger charge is -2.09. The fraction of sp³-hybridized carbons (Fsp3) is 0.125. The Balaban J connectivity index is 1.85. The highest BCUT2D eigenvalue weighted by atomic mass is 79.9. The van der Waals surface area contributed by atoms with E-state index in [-0.39, 0.29) is 4.83 Å². The number of alkyl halides is 1. The van der Waals surface area contributed by atoms with Crippen molar-refractivity contribution < 1.29 is 0 Å². The fourth-order valence-corrected chi connectivity index (χ4v) is 2.69. The zero-order chi connectivity index (χ0) is 13.1. The summed E-state index contributed by atoms with van der Waals surface area (Å²) in [5.74, 6) is 0. The second-order valence-electron chi connectivity index (χ2n) is 4.45. The van der Waals surface area contributed by atoms with Gasteiger partial charge in [-0.25, -0.2) is 0 Å². The van der Waals surface area contributed by atoms with Gasteiger partial charge in [0.05, 0.1) is 5.52 Å². The topological polar surface area (TPSA) is 25.8 Å². The van der Waals surface area contributed by atoms with Crippen molar-refractivity contribution in [3.63, 3.8) is 0 Å². The SMILES string of the molecule is BrC(Cc1ccc2ccccc2n1)c1cccnc1. The summed E-state index contributed by atoms with van der Waals surface area (Å²) >= 11 is 3.71. The third kappa shape index (κ3) is 2.82. The maximum atomic E-state index is 4.69. The molecule has 2 nitrogen and oxygen atoms in total. The smallest absolute Gasteiger partial charge is 0.0705 e. The highest BCUT2D eigenvalue weighted by Gasteiger charge is 2.09. The van der Waals surface area contributed by atoms with Crippen molar-refractivity contribution in [1.82, 2.24) is 9.97 Å². The van der Waals surface area contributed by atoms with Crippen molar-refractivity contribution in [1.29, 1.82) is 0 Å². The van der Waals surface area contributed by atoms with E-state index >= 15 is 0 Å². The molecule has 94 valence electrons. The zero-order valence-corrected chi connectivity index (χ0v) is 11.9. The molecule has 0 aliphatic carbocycles. The van der Waals surface area contributed by atoms with E-state index in [4.69, 9.17) is 4.98 Å². The van der Waals surface area contributed by atoms with Crippen LogP contribution in [0.4, 0.5) is 0 Å². The molecule has 0 bridgehead atoms. The normalized spacial score (nSPS) is 12.5. The Kier molecular flexibility index (Phi) is 3.56. The lowest BCUT2D eigenvalue weighted by molar-refractivity contribution is 0.906. The average molecular weight is 313 g/mol. The number of para-hydroxylation sites is 1. The lowest BCUT2D eigenvalue weighted by Crippen LogP contribution is -1.98. The predicted molar refractivity (Wildman–Crippen MR) is 81.4 cm³/mol. The Hall–Kier alpha value is -1.74. The van der Waals surface area contributed by atoms with Crippen molar-refractivity contribution in [2.24, 2.45) is 0 Å². The molecule has 0 aliphatic rings. The van der Waals surface area contributed by atoms with Gasteiger partial charge in [-0.3, -0.25) is 9.97 Å². The number of halogens is 1. The predicted octanol–water partition coefficient (Wildman–Crippen LogP) is 4.31. The van der Waals surface area contributed by atoms with Crippen LogP contribution >= 0.6 is 15.9 Å². The number of hydrogen-bond donors (Lipinski definition) is 0. The molecule has 1 atom stereocenters. The number of rotatable bonds is 3. The van der Waals surface area contributed by atoms with Crippen molar-refractivity contribution in [3.05, 3.63) is 72.2 Å². The molecule has 0 fully saturated rings. The van der Waals surface area contributed by atoms with Crippen LogP contribution < -0.4 is 0 Å². The molecule has 0 aliphatic heterocycles. The summed E-state index contributed by atoms with van der Waals surface area (Å²) in [5.41, 5.74) is 3.31. The molecule has 2 aromatic heterocycles. The largest absolute Gasteiger partial charge is 0.264 e.